The Bertz CT molecular complexity index is 736. The number of carbonyl (C=O) groups is 2. The minimum absolute atomic E-state index is 0.129. The molecule has 0 radical (unpaired) electrons. The molecule has 0 spiro atoms. The van der Waals surface area contributed by atoms with Gasteiger partial charge in [0.25, 0.3) is 0 Å². The number of carboxylic acids is 1. The van der Waals surface area contributed by atoms with Gasteiger partial charge in [-0.05, 0) is 49.7 Å². The summed E-state index contributed by atoms with van der Waals surface area (Å²) in [5.74, 6) is 0.237. The van der Waals surface area contributed by atoms with Crippen LogP contribution in [0.5, 0.6) is 5.75 Å². The molecule has 2 heterocycles. The maximum atomic E-state index is 10.7. The number of likely N-dealkylation sites (tertiary alicyclic amines) is 1. The highest BCUT2D eigenvalue weighted by molar-refractivity contribution is 5.87. The zero-order valence-corrected chi connectivity index (χ0v) is 16.3. The molecule has 0 bridgehead atoms. The van der Waals surface area contributed by atoms with E-state index in [0.29, 0.717) is 5.75 Å². The molecular formula is C22H28N2O4. The first-order chi connectivity index (χ1) is 13.6. The largest absolute Gasteiger partial charge is 0.495 e. The first-order valence-corrected chi connectivity index (χ1v) is 9.58. The fourth-order valence-electron chi connectivity index (χ4n) is 3.24. The molecule has 0 aliphatic carbocycles. The molecule has 3 rings (SSSR count). The lowest BCUT2D eigenvalue weighted by atomic mass is 9.93. The van der Waals surface area contributed by atoms with Gasteiger partial charge in [-0.2, -0.15) is 0 Å². The van der Waals surface area contributed by atoms with Gasteiger partial charge in [-0.15, -0.1) is 0 Å². The molecule has 1 unspecified atom stereocenters. The Morgan fingerprint density at radius 2 is 2.04 bits per heavy atom. The third-order valence-electron chi connectivity index (χ3n) is 4.91. The van der Waals surface area contributed by atoms with Gasteiger partial charge >= 0.3 is 5.97 Å². The van der Waals surface area contributed by atoms with Crippen LogP contribution in [0.15, 0.2) is 48.8 Å². The number of hydrogen-bond acceptors (Lipinski definition) is 4. The molecule has 150 valence electrons. The molecule has 1 aromatic carbocycles. The van der Waals surface area contributed by atoms with Crippen molar-refractivity contribution in [2.24, 2.45) is 5.92 Å². The van der Waals surface area contributed by atoms with Crippen LogP contribution < -0.4 is 4.74 Å². The van der Waals surface area contributed by atoms with Gasteiger partial charge in [-0.1, -0.05) is 30.3 Å². The summed E-state index contributed by atoms with van der Waals surface area (Å²) in [5.41, 5.74) is 1.56. The number of benzene rings is 1. The number of nitrogens with zero attached hydrogens (tertiary/aromatic N) is 2. The highest BCUT2D eigenvalue weighted by atomic mass is 16.5. The van der Waals surface area contributed by atoms with Crippen molar-refractivity contribution in [3.8, 4) is 5.75 Å². The fraction of sp³-hybridized carbons (Fsp3) is 0.409. The normalized spacial score (nSPS) is 16.3. The summed E-state index contributed by atoms with van der Waals surface area (Å²) in [4.78, 5) is 26.7. The maximum absolute atomic E-state index is 10.7. The lowest BCUT2D eigenvalue weighted by Crippen LogP contribution is -2.22. The second-order valence-corrected chi connectivity index (χ2v) is 6.88. The number of carboxylic acid groups (broad SMARTS) is 1. The molecule has 1 atom stereocenters. The van der Waals surface area contributed by atoms with E-state index in [-0.39, 0.29) is 5.56 Å². The molecule has 2 aromatic rings. The molecule has 1 N–H and O–H groups in total. The van der Waals surface area contributed by atoms with E-state index in [1.54, 1.807) is 0 Å². The Labute approximate surface area is 166 Å². The van der Waals surface area contributed by atoms with Crippen LogP contribution in [-0.4, -0.2) is 47.6 Å². The Morgan fingerprint density at radius 3 is 2.71 bits per heavy atom. The fourth-order valence-corrected chi connectivity index (χ4v) is 3.24. The molecule has 1 aliphatic rings. The second kappa shape index (κ2) is 11.7. The number of aryl methyl sites for hydroxylation is 1. The number of carbonyl (C=O) groups excluding carboxylic acids is 1. The number of aromatic nitrogens is 1. The smallest absolute Gasteiger partial charge is 0.337 e. The van der Waals surface area contributed by atoms with E-state index in [0.717, 1.165) is 31.8 Å². The predicted molar refractivity (Wildman–Crippen MR) is 107 cm³/mol. The molecule has 6 heteroatoms. The number of amides is 1. The minimum atomic E-state index is -1.00. The van der Waals surface area contributed by atoms with Crippen LogP contribution in [0.1, 0.15) is 41.6 Å². The monoisotopic (exact) mass is 384 g/mol. The van der Waals surface area contributed by atoms with Crippen LogP contribution >= 0.6 is 0 Å². The average molecular weight is 384 g/mol. The Balaban J connectivity index is 0.000000221. The number of hydrogen-bond donors (Lipinski definition) is 1. The van der Waals surface area contributed by atoms with Crippen molar-refractivity contribution in [3.05, 3.63) is 59.9 Å². The zero-order valence-electron chi connectivity index (χ0n) is 16.3. The van der Waals surface area contributed by atoms with Crippen molar-refractivity contribution in [2.45, 2.75) is 32.1 Å². The molecule has 1 amide bonds. The summed E-state index contributed by atoms with van der Waals surface area (Å²) in [5, 5.41) is 8.51. The van der Waals surface area contributed by atoms with E-state index in [1.165, 1.54) is 56.8 Å². The highest BCUT2D eigenvalue weighted by Crippen LogP contribution is 2.22. The van der Waals surface area contributed by atoms with Crippen molar-refractivity contribution in [1.82, 2.24) is 9.88 Å². The molecule has 1 fully saturated rings. The van der Waals surface area contributed by atoms with Crippen molar-refractivity contribution < 1.29 is 19.4 Å². The third kappa shape index (κ3) is 7.39. The maximum Gasteiger partial charge on any atom is 0.337 e. The van der Waals surface area contributed by atoms with Gasteiger partial charge in [0.05, 0.1) is 18.9 Å². The quantitative estimate of drug-likeness (QED) is 0.769. The highest BCUT2D eigenvalue weighted by Gasteiger charge is 2.15. The van der Waals surface area contributed by atoms with Crippen molar-refractivity contribution in [2.75, 3.05) is 20.2 Å². The van der Waals surface area contributed by atoms with Gasteiger partial charge in [-0.25, -0.2) is 4.79 Å². The summed E-state index contributed by atoms with van der Waals surface area (Å²) in [6.07, 6.45) is 9.76. The zero-order chi connectivity index (χ0) is 20.2. The molecule has 0 saturated carbocycles. The van der Waals surface area contributed by atoms with Crippen LogP contribution in [0.2, 0.25) is 0 Å². The lowest BCUT2D eigenvalue weighted by Gasteiger charge is -2.15. The van der Waals surface area contributed by atoms with Crippen molar-refractivity contribution in [1.29, 1.82) is 0 Å². The lowest BCUT2D eigenvalue weighted by molar-refractivity contribution is -0.118. The number of aromatic carboxylic acids is 1. The predicted octanol–water partition coefficient (Wildman–Crippen LogP) is 3.67. The van der Waals surface area contributed by atoms with E-state index >= 15 is 0 Å². The van der Waals surface area contributed by atoms with E-state index in [9.17, 15) is 9.59 Å². The van der Waals surface area contributed by atoms with Crippen molar-refractivity contribution in [3.63, 3.8) is 0 Å². The number of ether oxygens (including phenoxy) is 1. The Kier molecular flexibility index (Phi) is 8.98. The van der Waals surface area contributed by atoms with E-state index in [4.69, 9.17) is 9.84 Å². The van der Waals surface area contributed by atoms with Crippen LogP contribution in [0.25, 0.3) is 0 Å². The minimum Gasteiger partial charge on any atom is -0.495 e. The number of pyridine rings is 1. The van der Waals surface area contributed by atoms with Crippen LogP contribution in [0.4, 0.5) is 0 Å². The number of rotatable bonds is 6. The van der Waals surface area contributed by atoms with Crippen LogP contribution in [0.3, 0.4) is 0 Å². The summed E-state index contributed by atoms with van der Waals surface area (Å²) >= 11 is 0. The molecular weight excluding hydrogens is 356 g/mol. The topological polar surface area (TPSA) is 79.7 Å². The molecule has 28 heavy (non-hydrogen) atoms. The van der Waals surface area contributed by atoms with E-state index in [1.807, 2.05) is 4.90 Å². The van der Waals surface area contributed by atoms with Crippen LogP contribution in [0, 0.1) is 5.92 Å². The average Bonchev–Trinajstić information content (AvgIpc) is 2.98. The molecule has 6 nitrogen and oxygen atoms in total. The van der Waals surface area contributed by atoms with Gasteiger partial charge in [0, 0.05) is 19.3 Å². The van der Waals surface area contributed by atoms with E-state index in [2.05, 4.69) is 35.3 Å². The van der Waals surface area contributed by atoms with Gasteiger partial charge in [0.15, 0.2) is 0 Å². The van der Waals surface area contributed by atoms with Crippen molar-refractivity contribution >= 4 is 12.4 Å². The third-order valence-corrected chi connectivity index (χ3v) is 4.91. The first kappa shape index (κ1) is 21.4. The summed E-state index contributed by atoms with van der Waals surface area (Å²) in [6.45, 7) is 1.90. The number of methoxy groups -OCH3 is 1. The summed E-state index contributed by atoms with van der Waals surface area (Å²) in [6, 6.07) is 12.1. The molecule has 1 saturated heterocycles. The van der Waals surface area contributed by atoms with Gasteiger partial charge in [0.2, 0.25) is 6.41 Å². The van der Waals surface area contributed by atoms with Gasteiger partial charge < -0.3 is 14.7 Å². The van der Waals surface area contributed by atoms with E-state index < -0.39 is 5.97 Å². The molecule has 1 aliphatic heterocycles. The van der Waals surface area contributed by atoms with Crippen LogP contribution in [-0.2, 0) is 11.2 Å². The first-order valence-electron chi connectivity index (χ1n) is 9.58. The van der Waals surface area contributed by atoms with Gasteiger partial charge in [0.1, 0.15) is 5.75 Å². The SMILES string of the molecule is COc1cncc(C(=O)O)c1.O=CN1CCCC(CCc2ccccc2)CC1. The van der Waals surface area contributed by atoms with Gasteiger partial charge in [-0.3, -0.25) is 9.78 Å². The summed E-state index contributed by atoms with van der Waals surface area (Å²) in [7, 11) is 1.46. The summed E-state index contributed by atoms with van der Waals surface area (Å²) < 4.78 is 4.78. The Hall–Kier alpha value is -2.89. The second-order valence-electron chi connectivity index (χ2n) is 6.88. The standard InChI is InChI=1S/C15H21NO.C7H7NO3/c17-13-16-11-4-7-15(10-12-16)9-8-14-5-2-1-3-6-14;1-11-6-2-5(7(9)10)3-8-4-6/h1-3,5-6,13,15H,4,7-12H2;2-4H,1H3,(H,9,10). The Morgan fingerprint density at radius 1 is 1.25 bits per heavy atom. The molecule has 1 aromatic heterocycles.